The summed E-state index contributed by atoms with van der Waals surface area (Å²) in [5.41, 5.74) is 2.39. The zero-order chi connectivity index (χ0) is 15.2. The van der Waals surface area contributed by atoms with Gasteiger partial charge in [-0.05, 0) is 35.4 Å². The second-order valence-corrected chi connectivity index (χ2v) is 4.92. The minimum absolute atomic E-state index is 0.0942. The number of rotatable bonds is 5. The standard InChI is InChI=1S/C17H18FNO2/c1-19(11-14-4-3-5-16(18)10-14)17(20)15-8-6-13(7-9-15)12-21-2/h3-10H,11-12H2,1-2H3. The molecular formula is C17H18FNO2. The number of carbonyl (C=O) groups is 1. The Hall–Kier alpha value is -2.20. The first kappa shape index (κ1) is 15.2. The summed E-state index contributed by atoms with van der Waals surface area (Å²) in [4.78, 5) is 13.9. The summed E-state index contributed by atoms with van der Waals surface area (Å²) in [6.07, 6.45) is 0. The maximum Gasteiger partial charge on any atom is 0.253 e. The Morgan fingerprint density at radius 3 is 2.48 bits per heavy atom. The Morgan fingerprint density at radius 1 is 1.14 bits per heavy atom. The fourth-order valence-corrected chi connectivity index (χ4v) is 2.11. The molecule has 110 valence electrons. The van der Waals surface area contributed by atoms with E-state index in [-0.39, 0.29) is 11.7 Å². The van der Waals surface area contributed by atoms with Crippen LogP contribution >= 0.6 is 0 Å². The fourth-order valence-electron chi connectivity index (χ4n) is 2.11. The van der Waals surface area contributed by atoms with Gasteiger partial charge in [0.2, 0.25) is 0 Å². The summed E-state index contributed by atoms with van der Waals surface area (Å²) in [7, 11) is 3.34. The van der Waals surface area contributed by atoms with Crippen molar-refractivity contribution in [2.24, 2.45) is 0 Å². The Labute approximate surface area is 124 Å². The lowest BCUT2D eigenvalue weighted by molar-refractivity contribution is 0.0785. The number of hydrogen-bond acceptors (Lipinski definition) is 2. The van der Waals surface area contributed by atoms with Crippen molar-refractivity contribution in [1.82, 2.24) is 4.90 Å². The van der Waals surface area contributed by atoms with Crippen LogP contribution in [0.4, 0.5) is 4.39 Å². The molecular weight excluding hydrogens is 269 g/mol. The molecule has 0 saturated carbocycles. The van der Waals surface area contributed by atoms with Crippen LogP contribution in [0.3, 0.4) is 0 Å². The van der Waals surface area contributed by atoms with E-state index in [9.17, 15) is 9.18 Å². The maximum absolute atomic E-state index is 13.1. The van der Waals surface area contributed by atoms with Gasteiger partial charge >= 0.3 is 0 Å². The molecule has 0 atom stereocenters. The maximum atomic E-state index is 13.1. The van der Waals surface area contributed by atoms with E-state index in [4.69, 9.17) is 4.74 Å². The molecule has 2 aromatic carbocycles. The first-order valence-corrected chi connectivity index (χ1v) is 6.68. The van der Waals surface area contributed by atoms with E-state index in [2.05, 4.69) is 0 Å². The molecule has 3 nitrogen and oxygen atoms in total. The molecule has 2 aromatic rings. The third-order valence-electron chi connectivity index (χ3n) is 3.17. The van der Waals surface area contributed by atoms with E-state index >= 15 is 0 Å². The van der Waals surface area contributed by atoms with Gasteiger partial charge in [-0.1, -0.05) is 24.3 Å². The highest BCUT2D eigenvalue weighted by Crippen LogP contribution is 2.11. The van der Waals surface area contributed by atoms with Gasteiger partial charge in [0.25, 0.3) is 5.91 Å². The molecule has 0 bridgehead atoms. The van der Waals surface area contributed by atoms with Crippen LogP contribution in [0.15, 0.2) is 48.5 Å². The van der Waals surface area contributed by atoms with Crippen molar-refractivity contribution in [3.05, 3.63) is 71.0 Å². The van der Waals surface area contributed by atoms with Crippen LogP contribution < -0.4 is 0 Å². The Balaban J connectivity index is 2.04. The van der Waals surface area contributed by atoms with Gasteiger partial charge in [-0.3, -0.25) is 4.79 Å². The number of methoxy groups -OCH3 is 1. The summed E-state index contributed by atoms with van der Waals surface area (Å²) >= 11 is 0. The number of benzene rings is 2. The second kappa shape index (κ2) is 6.99. The van der Waals surface area contributed by atoms with Crippen LogP contribution in [0, 0.1) is 5.82 Å². The highest BCUT2D eigenvalue weighted by molar-refractivity contribution is 5.94. The molecule has 0 N–H and O–H groups in total. The summed E-state index contributed by atoms with van der Waals surface area (Å²) in [6, 6.07) is 13.6. The first-order valence-electron chi connectivity index (χ1n) is 6.68. The van der Waals surface area contributed by atoms with E-state index in [1.165, 1.54) is 12.1 Å². The topological polar surface area (TPSA) is 29.5 Å². The highest BCUT2D eigenvalue weighted by atomic mass is 19.1. The Kier molecular flexibility index (Phi) is 5.06. The lowest BCUT2D eigenvalue weighted by atomic mass is 10.1. The molecule has 0 aliphatic rings. The molecule has 0 heterocycles. The summed E-state index contributed by atoms with van der Waals surface area (Å²) in [5.74, 6) is -0.388. The minimum atomic E-state index is -0.294. The molecule has 21 heavy (non-hydrogen) atoms. The number of hydrogen-bond donors (Lipinski definition) is 0. The molecule has 0 radical (unpaired) electrons. The van der Waals surface area contributed by atoms with E-state index in [1.54, 1.807) is 43.3 Å². The van der Waals surface area contributed by atoms with E-state index < -0.39 is 0 Å². The van der Waals surface area contributed by atoms with E-state index in [0.717, 1.165) is 11.1 Å². The molecule has 0 fully saturated rings. The monoisotopic (exact) mass is 287 g/mol. The van der Waals surface area contributed by atoms with Crippen LogP contribution in [0.1, 0.15) is 21.5 Å². The normalized spacial score (nSPS) is 10.4. The minimum Gasteiger partial charge on any atom is -0.380 e. The second-order valence-electron chi connectivity index (χ2n) is 4.92. The van der Waals surface area contributed by atoms with Crippen LogP contribution in [0.2, 0.25) is 0 Å². The van der Waals surface area contributed by atoms with Crippen molar-refractivity contribution >= 4 is 5.91 Å². The van der Waals surface area contributed by atoms with E-state index in [1.807, 2.05) is 12.1 Å². The third kappa shape index (κ3) is 4.13. The van der Waals surface area contributed by atoms with Crippen LogP contribution in [0.5, 0.6) is 0 Å². The van der Waals surface area contributed by atoms with E-state index in [0.29, 0.717) is 18.7 Å². The Morgan fingerprint density at radius 2 is 1.86 bits per heavy atom. The zero-order valence-electron chi connectivity index (χ0n) is 12.2. The molecule has 0 aliphatic carbocycles. The van der Waals surface area contributed by atoms with Gasteiger partial charge in [0.15, 0.2) is 0 Å². The lowest BCUT2D eigenvalue weighted by Crippen LogP contribution is -2.26. The summed E-state index contributed by atoms with van der Waals surface area (Å²) in [6.45, 7) is 0.893. The third-order valence-corrected chi connectivity index (χ3v) is 3.17. The summed E-state index contributed by atoms with van der Waals surface area (Å²) in [5, 5.41) is 0. The largest absolute Gasteiger partial charge is 0.380 e. The van der Waals surface area contributed by atoms with Gasteiger partial charge < -0.3 is 9.64 Å². The van der Waals surface area contributed by atoms with Crippen LogP contribution in [0.25, 0.3) is 0 Å². The molecule has 2 rings (SSSR count). The van der Waals surface area contributed by atoms with Gasteiger partial charge in [0.1, 0.15) is 5.82 Å². The fraction of sp³-hybridized carbons (Fsp3) is 0.235. The molecule has 4 heteroatoms. The molecule has 0 spiro atoms. The predicted molar refractivity (Wildman–Crippen MR) is 79.4 cm³/mol. The van der Waals surface area contributed by atoms with Gasteiger partial charge in [-0.15, -0.1) is 0 Å². The number of amides is 1. The van der Waals surface area contributed by atoms with Crippen molar-refractivity contribution < 1.29 is 13.9 Å². The van der Waals surface area contributed by atoms with Crippen molar-refractivity contribution in [3.63, 3.8) is 0 Å². The predicted octanol–water partition coefficient (Wildman–Crippen LogP) is 3.24. The van der Waals surface area contributed by atoms with Gasteiger partial charge in [-0.25, -0.2) is 4.39 Å². The SMILES string of the molecule is COCc1ccc(C(=O)N(C)Cc2cccc(F)c2)cc1. The van der Waals surface area contributed by atoms with Crippen molar-refractivity contribution in [1.29, 1.82) is 0 Å². The number of ether oxygens (including phenoxy) is 1. The van der Waals surface area contributed by atoms with Gasteiger partial charge in [-0.2, -0.15) is 0 Å². The number of nitrogens with zero attached hydrogens (tertiary/aromatic N) is 1. The van der Waals surface area contributed by atoms with Crippen LogP contribution in [-0.4, -0.2) is 25.0 Å². The molecule has 0 aliphatic heterocycles. The number of halogens is 1. The molecule has 0 unspecified atom stereocenters. The van der Waals surface area contributed by atoms with Gasteiger partial charge in [0.05, 0.1) is 6.61 Å². The zero-order valence-corrected chi connectivity index (χ0v) is 12.2. The quantitative estimate of drug-likeness (QED) is 0.845. The molecule has 0 aromatic heterocycles. The van der Waals surface area contributed by atoms with Crippen molar-refractivity contribution in [3.8, 4) is 0 Å². The number of carbonyl (C=O) groups excluding carboxylic acids is 1. The van der Waals surface area contributed by atoms with Crippen molar-refractivity contribution in [2.45, 2.75) is 13.2 Å². The average molecular weight is 287 g/mol. The Bertz CT molecular complexity index is 610. The first-order chi connectivity index (χ1) is 10.1. The highest BCUT2D eigenvalue weighted by Gasteiger charge is 2.12. The molecule has 0 saturated heterocycles. The molecule has 1 amide bonds. The smallest absolute Gasteiger partial charge is 0.253 e. The lowest BCUT2D eigenvalue weighted by Gasteiger charge is -2.17. The average Bonchev–Trinajstić information content (AvgIpc) is 2.47. The van der Waals surface area contributed by atoms with Crippen molar-refractivity contribution in [2.75, 3.05) is 14.2 Å². The summed E-state index contributed by atoms with van der Waals surface area (Å²) < 4.78 is 18.2. The van der Waals surface area contributed by atoms with Crippen LogP contribution in [-0.2, 0) is 17.9 Å². The van der Waals surface area contributed by atoms with Gasteiger partial charge in [0, 0.05) is 26.3 Å².